The predicted molar refractivity (Wildman–Crippen MR) is 77.0 cm³/mol. The first-order chi connectivity index (χ1) is 10.6. The number of hydrogen-bond donors (Lipinski definition) is 3. The molecular weight excluding hydrogens is 288 g/mol. The highest BCUT2D eigenvalue weighted by atomic mass is 17.2. The Labute approximate surface area is 127 Å². The fraction of sp³-hybridized carbons (Fsp3) is 0.200. The van der Waals surface area contributed by atoms with Gasteiger partial charge in [0.2, 0.25) is 0 Å². The molecule has 0 aliphatic carbocycles. The van der Waals surface area contributed by atoms with E-state index in [1.165, 1.54) is 19.2 Å². The van der Waals surface area contributed by atoms with Crippen LogP contribution in [0.4, 0.5) is 0 Å². The third-order valence-electron chi connectivity index (χ3n) is 2.99. The summed E-state index contributed by atoms with van der Waals surface area (Å²) in [7, 11) is 1.33. The van der Waals surface area contributed by atoms with E-state index in [4.69, 9.17) is 0 Å². The van der Waals surface area contributed by atoms with Crippen molar-refractivity contribution in [3.8, 4) is 11.5 Å². The standard InChI is InChI=1S/C15H16N2O5/c1-21-22-9-11-4-5-12(14(19)13(11)18)15(20)17-8-10-3-2-6-16-7-10/h2-7,18-19H,8-9H2,1H3,(H,17,20). The summed E-state index contributed by atoms with van der Waals surface area (Å²) >= 11 is 0. The molecule has 22 heavy (non-hydrogen) atoms. The quantitative estimate of drug-likeness (QED) is 0.425. The van der Waals surface area contributed by atoms with Gasteiger partial charge in [0.25, 0.3) is 5.91 Å². The molecule has 116 valence electrons. The van der Waals surface area contributed by atoms with Crippen molar-refractivity contribution in [2.45, 2.75) is 13.2 Å². The molecule has 0 radical (unpaired) electrons. The van der Waals surface area contributed by atoms with E-state index >= 15 is 0 Å². The second-order valence-electron chi connectivity index (χ2n) is 4.44. The molecule has 0 unspecified atom stereocenters. The van der Waals surface area contributed by atoms with Gasteiger partial charge in [-0.25, -0.2) is 9.78 Å². The maximum Gasteiger partial charge on any atom is 0.255 e. The van der Waals surface area contributed by atoms with Crippen LogP contribution in [0.5, 0.6) is 11.5 Å². The summed E-state index contributed by atoms with van der Waals surface area (Å²) < 4.78 is 0. The van der Waals surface area contributed by atoms with Gasteiger partial charge in [0.1, 0.15) is 6.61 Å². The highest BCUT2D eigenvalue weighted by molar-refractivity contribution is 5.97. The average Bonchev–Trinajstić information content (AvgIpc) is 2.55. The summed E-state index contributed by atoms with van der Waals surface area (Å²) in [5.41, 5.74) is 1.11. The number of aromatic hydroxyl groups is 2. The van der Waals surface area contributed by atoms with Crippen LogP contribution in [0.1, 0.15) is 21.5 Å². The molecule has 0 aliphatic rings. The van der Waals surface area contributed by atoms with Gasteiger partial charge in [-0.05, 0) is 17.7 Å². The van der Waals surface area contributed by atoms with E-state index in [2.05, 4.69) is 20.1 Å². The van der Waals surface area contributed by atoms with Crippen molar-refractivity contribution in [1.82, 2.24) is 10.3 Å². The highest BCUT2D eigenvalue weighted by Crippen LogP contribution is 2.33. The molecule has 0 bridgehead atoms. The number of nitrogens with zero attached hydrogens (tertiary/aromatic N) is 1. The topological polar surface area (TPSA) is 101 Å². The monoisotopic (exact) mass is 304 g/mol. The summed E-state index contributed by atoms with van der Waals surface area (Å²) in [6, 6.07) is 6.46. The summed E-state index contributed by atoms with van der Waals surface area (Å²) in [5, 5.41) is 22.4. The Bertz CT molecular complexity index is 646. The van der Waals surface area contributed by atoms with Crippen LogP contribution in [-0.4, -0.2) is 28.2 Å². The molecule has 1 amide bonds. The minimum Gasteiger partial charge on any atom is -0.504 e. The van der Waals surface area contributed by atoms with Crippen LogP contribution in [0.25, 0.3) is 0 Å². The molecule has 1 aromatic carbocycles. The van der Waals surface area contributed by atoms with Crippen molar-refractivity contribution < 1.29 is 24.8 Å². The van der Waals surface area contributed by atoms with Crippen molar-refractivity contribution in [2.24, 2.45) is 0 Å². The first-order valence-corrected chi connectivity index (χ1v) is 6.50. The van der Waals surface area contributed by atoms with E-state index in [-0.39, 0.29) is 18.7 Å². The molecular formula is C15H16N2O5. The lowest BCUT2D eigenvalue weighted by atomic mass is 10.1. The average molecular weight is 304 g/mol. The summed E-state index contributed by atoms with van der Waals surface area (Å²) in [4.78, 5) is 25.1. The lowest BCUT2D eigenvalue weighted by molar-refractivity contribution is -0.282. The van der Waals surface area contributed by atoms with Gasteiger partial charge in [0, 0.05) is 24.5 Å². The zero-order valence-corrected chi connectivity index (χ0v) is 11.9. The van der Waals surface area contributed by atoms with E-state index in [9.17, 15) is 15.0 Å². The van der Waals surface area contributed by atoms with Gasteiger partial charge in [-0.1, -0.05) is 12.1 Å². The maximum absolute atomic E-state index is 12.1. The van der Waals surface area contributed by atoms with E-state index in [1.54, 1.807) is 18.5 Å². The number of carbonyl (C=O) groups excluding carboxylic acids is 1. The first kappa shape index (κ1) is 15.7. The van der Waals surface area contributed by atoms with Gasteiger partial charge in [0.05, 0.1) is 12.7 Å². The predicted octanol–water partition coefficient (Wildman–Crippen LogP) is 1.50. The Morgan fingerprint density at radius 1 is 1.27 bits per heavy atom. The highest BCUT2D eigenvalue weighted by Gasteiger charge is 2.17. The van der Waals surface area contributed by atoms with Crippen molar-refractivity contribution in [3.63, 3.8) is 0 Å². The summed E-state index contributed by atoms with van der Waals surface area (Å²) in [6.45, 7) is 0.217. The molecule has 0 spiro atoms. The number of aromatic nitrogens is 1. The van der Waals surface area contributed by atoms with Crippen LogP contribution >= 0.6 is 0 Å². The fourth-order valence-corrected chi connectivity index (χ4v) is 1.82. The molecule has 1 heterocycles. The van der Waals surface area contributed by atoms with E-state index < -0.39 is 17.4 Å². The number of phenols is 2. The number of phenolic OH excluding ortho intramolecular Hbond substituents is 2. The van der Waals surface area contributed by atoms with E-state index in [0.29, 0.717) is 5.56 Å². The van der Waals surface area contributed by atoms with E-state index in [0.717, 1.165) is 5.56 Å². The van der Waals surface area contributed by atoms with Gasteiger partial charge in [-0.15, -0.1) is 0 Å². The van der Waals surface area contributed by atoms with Gasteiger partial charge in [0.15, 0.2) is 11.5 Å². The fourth-order valence-electron chi connectivity index (χ4n) is 1.82. The van der Waals surface area contributed by atoms with Crippen LogP contribution in [0.15, 0.2) is 36.7 Å². The zero-order chi connectivity index (χ0) is 15.9. The molecule has 0 aliphatic heterocycles. The van der Waals surface area contributed by atoms with Crippen LogP contribution in [0, 0.1) is 0 Å². The molecule has 3 N–H and O–H groups in total. The molecule has 0 saturated carbocycles. The SMILES string of the molecule is COOCc1ccc(C(=O)NCc2cccnc2)c(O)c1O. The molecule has 7 nitrogen and oxygen atoms in total. The smallest absolute Gasteiger partial charge is 0.255 e. The van der Waals surface area contributed by atoms with Crippen LogP contribution in [0.2, 0.25) is 0 Å². The number of amides is 1. The third kappa shape index (κ3) is 3.72. The third-order valence-corrected chi connectivity index (χ3v) is 2.99. The summed E-state index contributed by atoms with van der Waals surface area (Å²) in [6.07, 6.45) is 3.26. The molecule has 2 aromatic rings. The Hall–Kier alpha value is -2.64. The minimum absolute atomic E-state index is 0.0254. The molecule has 0 saturated heterocycles. The lowest BCUT2D eigenvalue weighted by Crippen LogP contribution is -2.23. The second-order valence-corrected chi connectivity index (χ2v) is 4.44. The van der Waals surface area contributed by atoms with Crippen LogP contribution < -0.4 is 5.32 Å². The van der Waals surface area contributed by atoms with Gasteiger partial charge < -0.3 is 15.5 Å². The maximum atomic E-state index is 12.1. The van der Waals surface area contributed by atoms with Crippen LogP contribution in [-0.2, 0) is 22.9 Å². The minimum atomic E-state index is -0.504. The van der Waals surface area contributed by atoms with Gasteiger partial charge in [-0.2, -0.15) is 0 Å². The first-order valence-electron chi connectivity index (χ1n) is 6.50. The van der Waals surface area contributed by atoms with Crippen molar-refractivity contribution in [2.75, 3.05) is 7.11 Å². The number of hydrogen-bond acceptors (Lipinski definition) is 6. The Morgan fingerprint density at radius 2 is 2.09 bits per heavy atom. The number of benzene rings is 1. The Kier molecular flexibility index (Phi) is 5.29. The van der Waals surface area contributed by atoms with Gasteiger partial charge >= 0.3 is 0 Å². The number of carbonyl (C=O) groups is 1. The Morgan fingerprint density at radius 3 is 2.77 bits per heavy atom. The molecule has 0 fully saturated rings. The molecule has 0 atom stereocenters. The second kappa shape index (κ2) is 7.39. The van der Waals surface area contributed by atoms with E-state index in [1.807, 2.05) is 6.07 Å². The number of rotatable bonds is 6. The number of pyridine rings is 1. The largest absolute Gasteiger partial charge is 0.504 e. The molecule has 1 aromatic heterocycles. The zero-order valence-electron chi connectivity index (χ0n) is 11.9. The summed E-state index contributed by atoms with van der Waals surface area (Å²) in [5.74, 6) is -1.41. The van der Waals surface area contributed by atoms with Crippen LogP contribution in [0.3, 0.4) is 0 Å². The van der Waals surface area contributed by atoms with Gasteiger partial charge in [-0.3, -0.25) is 9.78 Å². The Balaban J connectivity index is 2.08. The van der Waals surface area contributed by atoms with Crippen molar-refractivity contribution in [1.29, 1.82) is 0 Å². The molecule has 2 rings (SSSR count). The van der Waals surface area contributed by atoms with Crippen molar-refractivity contribution >= 4 is 5.91 Å². The molecule has 7 heteroatoms. The number of nitrogens with one attached hydrogen (secondary N) is 1. The van der Waals surface area contributed by atoms with Crippen molar-refractivity contribution in [3.05, 3.63) is 53.3 Å². The normalized spacial score (nSPS) is 10.4. The lowest BCUT2D eigenvalue weighted by Gasteiger charge is -2.10.